The lowest BCUT2D eigenvalue weighted by molar-refractivity contribution is -0.137. The molecule has 7 heteroatoms. The standard InChI is InChI=1S/C14H16F3N3O/c1-3-11(8(2)18)13-19-12(20-21-13)9-5-4-6-10(7-9)14(15,16)17/h4-8,11H,3,18H2,1-2H3. The molecule has 0 fully saturated rings. The molecule has 0 amide bonds. The van der Waals surface area contributed by atoms with Crippen LogP contribution in [0.25, 0.3) is 11.4 Å². The first-order valence-electron chi connectivity index (χ1n) is 6.59. The summed E-state index contributed by atoms with van der Waals surface area (Å²) in [4.78, 5) is 4.17. The number of halogens is 3. The first-order valence-corrected chi connectivity index (χ1v) is 6.59. The number of hydrogen-bond donors (Lipinski definition) is 1. The van der Waals surface area contributed by atoms with E-state index in [0.717, 1.165) is 12.1 Å². The van der Waals surface area contributed by atoms with E-state index in [9.17, 15) is 13.2 Å². The van der Waals surface area contributed by atoms with Gasteiger partial charge in [-0.05, 0) is 25.5 Å². The van der Waals surface area contributed by atoms with Crippen LogP contribution in [0.4, 0.5) is 13.2 Å². The van der Waals surface area contributed by atoms with Crippen molar-refractivity contribution in [2.45, 2.75) is 38.4 Å². The molecule has 0 aliphatic rings. The molecule has 0 aliphatic heterocycles. The van der Waals surface area contributed by atoms with E-state index in [0.29, 0.717) is 12.3 Å². The van der Waals surface area contributed by atoms with Crippen LogP contribution in [0.2, 0.25) is 0 Å². The largest absolute Gasteiger partial charge is 0.416 e. The smallest absolute Gasteiger partial charge is 0.339 e. The van der Waals surface area contributed by atoms with Crippen molar-refractivity contribution in [3.05, 3.63) is 35.7 Å². The minimum absolute atomic E-state index is 0.114. The highest BCUT2D eigenvalue weighted by molar-refractivity contribution is 5.55. The summed E-state index contributed by atoms with van der Waals surface area (Å²) in [6.45, 7) is 3.75. The number of hydrogen-bond acceptors (Lipinski definition) is 4. The predicted molar refractivity (Wildman–Crippen MR) is 71.4 cm³/mol. The van der Waals surface area contributed by atoms with E-state index in [1.165, 1.54) is 12.1 Å². The minimum Gasteiger partial charge on any atom is -0.339 e. The van der Waals surface area contributed by atoms with Crippen molar-refractivity contribution < 1.29 is 17.7 Å². The number of alkyl halides is 3. The van der Waals surface area contributed by atoms with Gasteiger partial charge in [0.15, 0.2) is 0 Å². The van der Waals surface area contributed by atoms with Crippen LogP contribution < -0.4 is 5.73 Å². The van der Waals surface area contributed by atoms with Crippen molar-refractivity contribution in [3.8, 4) is 11.4 Å². The van der Waals surface area contributed by atoms with Gasteiger partial charge in [0, 0.05) is 11.6 Å². The number of nitrogens with zero attached hydrogens (tertiary/aromatic N) is 2. The van der Waals surface area contributed by atoms with E-state index in [4.69, 9.17) is 10.3 Å². The normalized spacial score (nSPS) is 15.0. The lowest BCUT2D eigenvalue weighted by Gasteiger charge is -2.13. The van der Waals surface area contributed by atoms with E-state index in [1.807, 2.05) is 13.8 Å². The summed E-state index contributed by atoms with van der Waals surface area (Å²) in [6, 6.07) is 4.65. The average Bonchev–Trinajstić information content (AvgIpc) is 2.88. The van der Waals surface area contributed by atoms with E-state index < -0.39 is 11.7 Å². The molecule has 0 spiro atoms. The van der Waals surface area contributed by atoms with Crippen LogP contribution in [-0.4, -0.2) is 16.2 Å². The van der Waals surface area contributed by atoms with Crippen molar-refractivity contribution >= 4 is 0 Å². The number of benzene rings is 1. The molecule has 0 bridgehead atoms. The Morgan fingerprint density at radius 2 is 2.05 bits per heavy atom. The highest BCUT2D eigenvalue weighted by Gasteiger charge is 2.31. The Balaban J connectivity index is 2.34. The second-order valence-corrected chi connectivity index (χ2v) is 4.91. The molecule has 4 nitrogen and oxygen atoms in total. The fourth-order valence-electron chi connectivity index (χ4n) is 2.11. The molecular weight excluding hydrogens is 283 g/mol. The number of rotatable bonds is 4. The molecule has 21 heavy (non-hydrogen) atoms. The molecule has 1 heterocycles. The maximum Gasteiger partial charge on any atom is 0.416 e. The van der Waals surface area contributed by atoms with Crippen molar-refractivity contribution in [1.82, 2.24) is 10.1 Å². The van der Waals surface area contributed by atoms with E-state index in [2.05, 4.69) is 10.1 Å². The Morgan fingerprint density at radius 3 is 2.62 bits per heavy atom. The Kier molecular flexibility index (Phi) is 4.32. The van der Waals surface area contributed by atoms with E-state index in [1.54, 1.807) is 0 Å². The fourth-order valence-corrected chi connectivity index (χ4v) is 2.11. The van der Waals surface area contributed by atoms with Gasteiger partial charge in [0.2, 0.25) is 11.7 Å². The Morgan fingerprint density at radius 1 is 1.33 bits per heavy atom. The molecule has 1 aromatic heterocycles. The van der Waals surface area contributed by atoms with Crippen molar-refractivity contribution in [1.29, 1.82) is 0 Å². The lowest BCUT2D eigenvalue weighted by Crippen LogP contribution is -2.24. The second-order valence-electron chi connectivity index (χ2n) is 4.91. The SMILES string of the molecule is CCC(c1nc(-c2cccc(C(F)(F)F)c2)no1)C(C)N. The molecule has 2 atom stereocenters. The summed E-state index contributed by atoms with van der Waals surface area (Å²) in [7, 11) is 0. The molecule has 2 aromatic rings. The van der Waals surface area contributed by atoms with Crippen LogP contribution >= 0.6 is 0 Å². The van der Waals surface area contributed by atoms with Crippen LogP contribution in [0.1, 0.15) is 37.6 Å². The van der Waals surface area contributed by atoms with Crippen molar-refractivity contribution in [2.24, 2.45) is 5.73 Å². The van der Waals surface area contributed by atoms with Crippen LogP contribution in [0.5, 0.6) is 0 Å². The maximum absolute atomic E-state index is 12.7. The van der Waals surface area contributed by atoms with Crippen molar-refractivity contribution in [3.63, 3.8) is 0 Å². The van der Waals surface area contributed by atoms with Gasteiger partial charge in [-0.2, -0.15) is 18.2 Å². The minimum atomic E-state index is -4.40. The average molecular weight is 299 g/mol. The van der Waals surface area contributed by atoms with Gasteiger partial charge < -0.3 is 10.3 Å². The highest BCUT2D eigenvalue weighted by atomic mass is 19.4. The van der Waals surface area contributed by atoms with Gasteiger partial charge in [0.05, 0.1) is 11.5 Å². The summed E-state index contributed by atoms with van der Waals surface area (Å²) < 4.78 is 43.2. The zero-order valence-electron chi connectivity index (χ0n) is 11.7. The van der Waals surface area contributed by atoms with Crippen LogP contribution in [0.15, 0.2) is 28.8 Å². The fraction of sp³-hybridized carbons (Fsp3) is 0.429. The molecule has 0 aliphatic carbocycles. The molecule has 2 unspecified atom stereocenters. The van der Waals surface area contributed by atoms with Gasteiger partial charge in [-0.15, -0.1) is 0 Å². The third-order valence-corrected chi connectivity index (χ3v) is 3.28. The number of nitrogens with two attached hydrogens (primary N) is 1. The quantitative estimate of drug-likeness (QED) is 0.937. The molecule has 0 saturated carbocycles. The zero-order chi connectivity index (χ0) is 15.6. The van der Waals surface area contributed by atoms with Gasteiger partial charge in [0.25, 0.3) is 0 Å². The molecule has 1 aromatic carbocycles. The van der Waals surface area contributed by atoms with Gasteiger partial charge in [-0.3, -0.25) is 0 Å². The number of aromatic nitrogens is 2. The topological polar surface area (TPSA) is 64.9 Å². The zero-order valence-corrected chi connectivity index (χ0v) is 11.7. The third-order valence-electron chi connectivity index (χ3n) is 3.28. The van der Waals surface area contributed by atoms with E-state index >= 15 is 0 Å². The van der Waals surface area contributed by atoms with Gasteiger partial charge >= 0.3 is 6.18 Å². The third kappa shape index (κ3) is 3.41. The molecule has 2 N–H and O–H groups in total. The van der Waals surface area contributed by atoms with Crippen molar-refractivity contribution in [2.75, 3.05) is 0 Å². The van der Waals surface area contributed by atoms with Crippen LogP contribution in [0.3, 0.4) is 0 Å². The predicted octanol–water partition coefficient (Wildman–Crippen LogP) is 3.60. The molecular formula is C14H16F3N3O. The summed E-state index contributed by atoms with van der Waals surface area (Å²) in [6.07, 6.45) is -3.69. The molecule has 0 saturated heterocycles. The summed E-state index contributed by atoms with van der Waals surface area (Å²) in [5.74, 6) is 0.368. The van der Waals surface area contributed by atoms with Crippen LogP contribution in [0, 0.1) is 0 Å². The monoisotopic (exact) mass is 299 g/mol. The molecule has 2 rings (SSSR count). The first kappa shape index (κ1) is 15.5. The highest BCUT2D eigenvalue weighted by Crippen LogP contribution is 2.32. The van der Waals surface area contributed by atoms with Crippen LogP contribution in [-0.2, 0) is 6.18 Å². The Hall–Kier alpha value is -1.89. The van der Waals surface area contributed by atoms with Gasteiger partial charge in [-0.1, -0.05) is 24.2 Å². The lowest BCUT2D eigenvalue weighted by atomic mass is 9.99. The Bertz CT molecular complexity index is 608. The summed E-state index contributed by atoms with van der Waals surface area (Å²) >= 11 is 0. The summed E-state index contributed by atoms with van der Waals surface area (Å²) in [5, 5.41) is 3.75. The maximum atomic E-state index is 12.7. The second kappa shape index (κ2) is 5.85. The first-order chi connectivity index (χ1) is 9.82. The molecule has 0 radical (unpaired) electrons. The van der Waals surface area contributed by atoms with Gasteiger partial charge in [0.1, 0.15) is 0 Å². The Labute approximate surface area is 120 Å². The van der Waals surface area contributed by atoms with Gasteiger partial charge in [-0.25, -0.2) is 0 Å². The van der Waals surface area contributed by atoms with E-state index in [-0.39, 0.29) is 23.3 Å². The summed E-state index contributed by atoms with van der Waals surface area (Å²) in [5.41, 5.74) is 5.35. The molecule has 114 valence electrons.